The lowest BCUT2D eigenvalue weighted by Crippen LogP contribution is -2.25. The van der Waals surface area contributed by atoms with Crippen LogP contribution in [0.1, 0.15) is 30.9 Å². The second-order valence-corrected chi connectivity index (χ2v) is 6.15. The van der Waals surface area contributed by atoms with E-state index in [-0.39, 0.29) is 5.91 Å². The number of amides is 1. The van der Waals surface area contributed by atoms with Gasteiger partial charge in [0.05, 0.1) is 0 Å². The summed E-state index contributed by atoms with van der Waals surface area (Å²) in [6.45, 7) is 3.23. The molecule has 4 nitrogen and oxygen atoms in total. The summed E-state index contributed by atoms with van der Waals surface area (Å²) < 4.78 is 5.87. The summed E-state index contributed by atoms with van der Waals surface area (Å²) in [6.07, 6.45) is 4.30. The van der Waals surface area contributed by atoms with Gasteiger partial charge < -0.3 is 15.0 Å². The third kappa shape index (κ3) is 4.63. The Hall–Kier alpha value is -2.75. The molecule has 0 aliphatic carbocycles. The molecule has 0 unspecified atom stereocenters. The normalized spacial score (nSPS) is 10.8. The average Bonchev–Trinajstić information content (AvgIpc) is 3.03. The van der Waals surface area contributed by atoms with Crippen molar-refractivity contribution in [1.29, 1.82) is 0 Å². The highest BCUT2D eigenvalue weighted by Gasteiger charge is 2.06. The smallest absolute Gasteiger partial charge is 0.219 e. The van der Waals surface area contributed by atoms with Gasteiger partial charge in [-0.1, -0.05) is 37.3 Å². The molecule has 3 aromatic rings. The molecule has 0 radical (unpaired) electrons. The predicted octanol–water partition coefficient (Wildman–Crippen LogP) is 4.21. The van der Waals surface area contributed by atoms with Crippen molar-refractivity contribution in [3.05, 3.63) is 65.9 Å². The minimum absolute atomic E-state index is 0.124. The molecule has 0 spiro atoms. The van der Waals surface area contributed by atoms with E-state index in [4.69, 9.17) is 4.74 Å². The first-order valence-corrected chi connectivity index (χ1v) is 8.79. The molecule has 1 amide bonds. The molecular formula is C21H24N2O2. The molecule has 1 aromatic heterocycles. The van der Waals surface area contributed by atoms with E-state index in [0.717, 1.165) is 29.7 Å². The van der Waals surface area contributed by atoms with Gasteiger partial charge in [0.15, 0.2) is 0 Å². The molecular weight excluding hydrogens is 312 g/mol. The van der Waals surface area contributed by atoms with Gasteiger partial charge in [0.2, 0.25) is 5.91 Å². The van der Waals surface area contributed by atoms with Crippen molar-refractivity contribution >= 4 is 16.8 Å². The van der Waals surface area contributed by atoms with Gasteiger partial charge >= 0.3 is 0 Å². The second kappa shape index (κ2) is 8.38. The molecule has 0 saturated heterocycles. The van der Waals surface area contributed by atoms with E-state index < -0.39 is 0 Å². The SMILES string of the molecule is CCCC(=O)NCCc1c[nH]c2cc(OCc3ccccc3)ccc12. The Morgan fingerprint density at radius 2 is 2.00 bits per heavy atom. The number of carbonyl (C=O) groups excluding carboxylic acids is 1. The van der Waals surface area contributed by atoms with Crippen LogP contribution in [0.3, 0.4) is 0 Å². The summed E-state index contributed by atoms with van der Waals surface area (Å²) in [7, 11) is 0. The van der Waals surface area contributed by atoms with E-state index in [2.05, 4.69) is 28.5 Å². The van der Waals surface area contributed by atoms with Crippen molar-refractivity contribution in [3.8, 4) is 5.75 Å². The highest BCUT2D eigenvalue weighted by molar-refractivity contribution is 5.84. The monoisotopic (exact) mass is 336 g/mol. The van der Waals surface area contributed by atoms with Crippen LogP contribution in [0.2, 0.25) is 0 Å². The molecule has 0 aliphatic rings. The van der Waals surface area contributed by atoms with Crippen molar-refractivity contribution in [2.75, 3.05) is 6.54 Å². The zero-order valence-corrected chi connectivity index (χ0v) is 14.5. The van der Waals surface area contributed by atoms with E-state index in [0.29, 0.717) is 19.6 Å². The Kier molecular flexibility index (Phi) is 5.73. The second-order valence-electron chi connectivity index (χ2n) is 6.15. The van der Waals surface area contributed by atoms with Crippen LogP contribution in [-0.4, -0.2) is 17.4 Å². The number of aromatic amines is 1. The lowest BCUT2D eigenvalue weighted by atomic mass is 10.1. The molecule has 0 fully saturated rings. The fourth-order valence-electron chi connectivity index (χ4n) is 2.85. The number of fused-ring (bicyclic) bond motifs is 1. The number of hydrogen-bond acceptors (Lipinski definition) is 2. The van der Waals surface area contributed by atoms with Gasteiger partial charge in [-0.2, -0.15) is 0 Å². The van der Waals surface area contributed by atoms with Crippen LogP contribution in [0.5, 0.6) is 5.75 Å². The fourth-order valence-corrected chi connectivity index (χ4v) is 2.85. The van der Waals surface area contributed by atoms with Gasteiger partial charge in [-0.25, -0.2) is 0 Å². The number of benzene rings is 2. The van der Waals surface area contributed by atoms with Crippen molar-refractivity contribution < 1.29 is 9.53 Å². The Bertz CT molecular complexity index is 824. The van der Waals surface area contributed by atoms with Gasteiger partial charge in [-0.15, -0.1) is 0 Å². The quantitative estimate of drug-likeness (QED) is 0.647. The predicted molar refractivity (Wildman–Crippen MR) is 101 cm³/mol. The molecule has 4 heteroatoms. The zero-order chi connectivity index (χ0) is 17.5. The molecule has 2 N–H and O–H groups in total. The molecule has 1 heterocycles. The summed E-state index contributed by atoms with van der Waals surface area (Å²) in [5.41, 5.74) is 3.42. The molecule has 0 saturated carbocycles. The van der Waals surface area contributed by atoms with Crippen molar-refractivity contribution in [2.24, 2.45) is 0 Å². The largest absolute Gasteiger partial charge is 0.489 e. The molecule has 0 atom stereocenters. The van der Waals surface area contributed by atoms with Crippen molar-refractivity contribution in [1.82, 2.24) is 10.3 Å². The van der Waals surface area contributed by atoms with E-state index in [1.807, 2.05) is 43.5 Å². The summed E-state index contributed by atoms with van der Waals surface area (Å²) >= 11 is 0. The summed E-state index contributed by atoms with van der Waals surface area (Å²) in [4.78, 5) is 14.8. The standard InChI is InChI=1S/C21H24N2O2/c1-2-6-21(24)22-12-11-17-14-23-20-13-18(9-10-19(17)20)25-15-16-7-4-3-5-8-16/h3-5,7-10,13-14,23H,2,6,11-12,15H2,1H3,(H,22,24). The highest BCUT2D eigenvalue weighted by atomic mass is 16.5. The molecule has 0 aliphatic heterocycles. The van der Waals surface area contributed by atoms with Gasteiger partial charge in [0.25, 0.3) is 0 Å². The lowest BCUT2D eigenvalue weighted by molar-refractivity contribution is -0.121. The van der Waals surface area contributed by atoms with E-state index in [1.165, 1.54) is 10.9 Å². The Labute approximate surface area is 148 Å². The first-order chi connectivity index (χ1) is 12.3. The van der Waals surface area contributed by atoms with Crippen LogP contribution in [0, 0.1) is 0 Å². The third-order valence-electron chi connectivity index (χ3n) is 4.18. The molecule has 2 aromatic carbocycles. The summed E-state index contributed by atoms with van der Waals surface area (Å²) in [5.74, 6) is 0.972. The average molecular weight is 336 g/mol. The molecule has 130 valence electrons. The number of hydrogen-bond donors (Lipinski definition) is 2. The Balaban J connectivity index is 1.59. The summed E-state index contributed by atoms with van der Waals surface area (Å²) in [6, 6.07) is 16.2. The maximum absolute atomic E-state index is 11.5. The van der Waals surface area contributed by atoms with Gasteiger partial charge in [0, 0.05) is 36.1 Å². The fraction of sp³-hybridized carbons (Fsp3) is 0.286. The maximum Gasteiger partial charge on any atom is 0.219 e. The molecule has 0 bridgehead atoms. The zero-order valence-electron chi connectivity index (χ0n) is 14.5. The third-order valence-corrected chi connectivity index (χ3v) is 4.18. The summed E-state index contributed by atoms with van der Waals surface area (Å²) in [5, 5.41) is 4.14. The number of rotatable bonds is 8. The number of ether oxygens (including phenoxy) is 1. The van der Waals surface area contributed by atoms with Crippen LogP contribution in [0.25, 0.3) is 10.9 Å². The Morgan fingerprint density at radius 3 is 2.80 bits per heavy atom. The number of nitrogens with one attached hydrogen (secondary N) is 2. The Morgan fingerprint density at radius 1 is 1.16 bits per heavy atom. The van der Waals surface area contributed by atoms with Crippen LogP contribution >= 0.6 is 0 Å². The van der Waals surface area contributed by atoms with Crippen molar-refractivity contribution in [2.45, 2.75) is 32.8 Å². The van der Waals surface area contributed by atoms with Crippen LogP contribution in [0.4, 0.5) is 0 Å². The van der Waals surface area contributed by atoms with Crippen LogP contribution in [-0.2, 0) is 17.8 Å². The van der Waals surface area contributed by atoms with Crippen LogP contribution < -0.4 is 10.1 Å². The molecule has 3 rings (SSSR count). The first kappa shape index (κ1) is 17.1. The van der Waals surface area contributed by atoms with Gasteiger partial charge in [-0.05, 0) is 36.1 Å². The number of H-pyrrole nitrogens is 1. The van der Waals surface area contributed by atoms with Crippen molar-refractivity contribution in [3.63, 3.8) is 0 Å². The number of aromatic nitrogens is 1. The van der Waals surface area contributed by atoms with Gasteiger partial charge in [-0.3, -0.25) is 4.79 Å². The highest BCUT2D eigenvalue weighted by Crippen LogP contribution is 2.24. The minimum Gasteiger partial charge on any atom is -0.489 e. The maximum atomic E-state index is 11.5. The van der Waals surface area contributed by atoms with Gasteiger partial charge in [0.1, 0.15) is 12.4 Å². The van der Waals surface area contributed by atoms with E-state index >= 15 is 0 Å². The van der Waals surface area contributed by atoms with E-state index in [1.54, 1.807) is 0 Å². The molecule has 25 heavy (non-hydrogen) atoms. The van der Waals surface area contributed by atoms with Crippen LogP contribution in [0.15, 0.2) is 54.7 Å². The minimum atomic E-state index is 0.124. The lowest BCUT2D eigenvalue weighted by Gasteiger charge is -2.07. The number of carbonyl (C=O) groups is 1. The van der Waals surface area contributed by atoms with E-state index in [9.17, 15) is 4.79 Å². The first-order valence-electron chi connectivity index (χ1n) is 8.79. The topological polar surface area (TPSA) is 54.1 Å².